The molecule has 5 heterocycles. The van der Waals surface area contributed by atoms with Crippen molar-refractivity contribution < 1.29 is 9.59 Å². The average Bonchev–Trinajstić information content (AvgIpc) is 3.14. The maximum Gasteiger partial charge on any atom is 0.343 e. The standard InChI is InChI=1S/C20H17Br2ClN4O2/c1-18(2)13(23)8-19-10-7-15(28)26(19)4-3-14-20(18,25-17(29)24-14)27(19)12-6-9(21)5-11(22)16(10)12/h3-6,10,13H,7-8H2,1-2H3,(H,25,29)/t10-,13+,19+,20?/m1/s1. The first-order valence-corrected chi connectivity index (χ1v) is 11.5. The van der Waals surface area contributed by atoms with Crippen LogP contribution in [0.25, 0.3) is 0 Å². The van der Waals surface area contributed by atoms with E-state index in [0.717, 1.165) is 20.2 Å². The Hall–Kier alpha value is -1.38. The fourth-order valence-corrected chi connectivity index (χ4v) is 8.04. The molecule has 2 fully saturated rings. The molecule has 6 nitrogen and oxygen atoms in total. The van der Waals surface area contributed by atoms with Gasteiger partial charge in [0.2, 0.25) is 5.91 Å². The van der Waals surface area contributed by atoms with E-state index in [2.05, 4.69) is 67.0 Å². The van der Waals surface area contributed by atoms with Crippen LogP contribution in [0.4, 0.5) is 10.5 Å². The van der Waals surface area contributed by atoms with Crippen molar-refractivity contribution in [1.82, 2.24) is 10.2 Å². The van der Waals surface area contributed by atoms with Gasteiger partial charge in [-0.25, -0.2) is 4.79 Å². The second-order valence-corrected chi connectivity index (χ2v) is 11.2. The molecule has 4 atom stereocenters. The molecule has 150 valence electrons. The second-order valence-electron chi connectivity index (χ2n) is 8.90. The van der Waals surface area contributed by atoms with Crippen LogP contribution in [-0.4, -0.2) is 39.3 Å². The van der Waals surface area contributed by atoms with Gasteiger partial charge >= 0.3 is 6.03 Å². The average molecular weight is 541 g/mol. The van der Waals surface area contributed by atoms with Crippen LogP contribution in [0.3, 0.4) is 0 Å². The van der Waals surface area contributed by atoms with E-state index in [0.29, 0.717) is 18.6 Å². The third-order valence-corrected chi connectivity index (χ3v) is 9.28. The smallest absolute Gasteiger partial charge is 0.318 e. The molecular formula is C20H17Br2ClN4O2. The maximum absolute atomic E-state index is 13.1. The summed E-state index contributed by atoms with van der Waals surface area (Å²) in [7, 11) is 0. The molecule has 2 spiro atoms. The lowest BCUT2D eigenvalue weighted by atomic mass is 9.65. The van der Waals surface area contributed by atoms with E-state index < -0.39 is 16.7 Å². The van der Waals surface area contributed by atoms with Gasteiger partial charge in [-0.1, -0.05) is 45.7 Å². The third kappa shape index (κ3) is 1.80. The van der Waals surface area contributed by atoms with E-state index in [4.69, 9.17) is 11.6 Å². The minimum atomic E-state index is -0.950. The van der Waals surface area contributed by atoms with Gasteiger partial charge in [-0.15, -0.1) is 11.6 Å². The number of halogens is 3. The van der Waals surface area contributed by atoms with Crippen LogP contribution < -0.4 is 10.2 Å². The minimum absolute atomic E-state index is 0.0577. The van der Waals surface area contributed by atoms with Crippen LogP contribution in [0.1, 0.15) is 38.2 Å². The summed E-state index contributed by atoms with van der Waals surface area (Å²) in [5.74, 6) is -0.00876. The Labute approximate surface area is 189 Å². The Morgan fingerprint density at radius 3 is 2.79 bits per heavy atom. The molecule has 9 heteroatoms. The third-order valence-electron chi connectivity index (χ3n) is 7.46. The van der Waals surface area contributed by atoms with Gasteiger partial charge in [0.25, 0.3) is 0 Å². The predicted molar refractivity (Wildman–Crippen MR) is 117 cm³/mol. The summed E-state index contributed by atoms with van der Waals surface area (Å²) in [4.78, 5) is 34.1. The van der Waals surface area contributed by atoms with Crippen LogP contribution in [-0.2, 0) is 4.79 Å². The van der Waals surface area contributed by atoms with Crippen LogP contribution in [0.2, 0.25) is 0 Å². The van der Waals surface area contributed by atoms with E-state index in [-0.39, 0.29) is 23.2 Å². The quantitative estimate of drug-likeness (QED) is 0.494. The summed E-state index contributed by atoms with van der Waals surface area (Å²) in [6.45, 7) is 4.14. The van der Waals surface area contributed by atoms with E-state index >= 15 is 0 Å². The Morgan fingerprint density at radius 2 is 2.03 bits per heavy atom. The zero-order valence-electron chi connectivity index (χ0n) is 15.7. The molecule has 5 aliphatic rings. The SMILES string of the molecule is CC1(C)[C@@H](Cl)C[C@]23[C@@H]4CC(=O)N2C=CC2=NC(=O)NC21N3c1cc(Br)cc(Br)c14. The number of rotatable bonds is 0. The predicted octanol–water partition coefficient (Wildman–Crippen LogP) is 4.47. The van der Waals surface area contributed by atoms with Crippen molar-refractivity contribution in [2.24, 2.45) is 10.4 Å². The molecule has 2 saturated heterocycles. The molecule has 1 unspecified atom stereocenters. The number of anilines is 1. The number of carbonyl (C=O) groups excluding carboxylic acids is 2. The molecule has 1 aromatic carbocycles. The lowest BCUT2D eigenvalue weighted by Gasteiger charge is -2.63. The monoisotopic (exact) mass is 538 g/mol. The second kappa shape index (κ2) is 5.26. The molecule has 0 radical (unpaired) electrons. The first-order chi connectivity index (χ1) is 13.6. The zero-order valence-corrected chi connectivity index (χ0v) is 19.6. The molecule has 6 rings (SSSR count). The van der Waals surface area contributed by atoms with E-state index in [9.17, 15) is 9.59 Å². The highest BCUT2D eigenvalue weighted by molar-refractivity contribution is 9.11. The largest absolute Gasteiger partial charge is 0.343 e. The van der Waals surface area contributed by atoms with Crippen molar-refractivity contribution >= 4 is 66.8 Å². The summed E-state index contributed by atoms with van der Waals surface area (Å²) in [5, 5.41) is 2.89. The van der Waals surface area contributed by atoms with Gasteiger partial charge in [0.15, 0.2) is 5.66 Å². The summed E-state index contributed by atoms with van der Waals surface area (Å²) < 4.78 is 1.87. The molecule has 5 aliphatic heterocycles. The summed E-state index contributed by atoms with van der Waals surface area (Å²) in [6.07, 6.45) is 4.60. The lowest BCUT2D eigenvalue weighted by Crippen LogP contribution is -2.81. The Balaban J connectivity index is 1.78. The van der Waals surface area contributed by atoms with Gasteiger partial charge in [0.1, 0.15) is 5.66 Å². The zero-order chi connectivity index (χ0) is 20.5. The van der Waals surface area contributed by atoms with Crippen molar-refractivity contribution in [2.45, 2.75) is 49.3 Å². The Kier molecular flexibility index (Phi) is 3.34. The minimum Gasteiger partial charge on any atom is -0.318 e. The van der Waals surface area contributed by atoms with E-state index in [1.807, 2.05) is 17.0 Å². The van der Waals surface area contributed by atoms with Crippen molar-refractivity contribution in [3.8, 4) is 0 Å². The summed E-state index contributed by atoms with van der Waals surface area (Å²) >= 11 is 14.4. The van der Waals surface area contributed by atoms with Gasteiger partial charge < -0.3 is 10.2 Å². The molecule has 1 aromatic rings. The molecule has 2 bridgehead atoms. The number of fused-ring (bicyclic) bond motifs is 2. The maximum atomic E-state index is 13.1. The van der Waals surface area contributed by atoms with Gasteiger partial charge in [0.05, 0.1) is 5.71 Å². The Morgan fingerprint density at radius 1 is 1.28 bits per heavy atom. The number of benzene rings is 1. The van der Waals surface area contributed by atoms with Crippen LogP contribution in [0, 0.1) is 5.41 Å². The van der Waals surface area contributed by atoms with Crippen LogP contribution in [0.15, 0.2) is 38.3 Å². The number of hydrogen-bond donors (Lipinski definition) is 1. The number of carbonyl (C=O) groups is 2. The molecule has 3 amide bonds. The van der Waals surface area contributed by atoms with Crippen LogP contribution in [0.5, 0.6) is 0 Å². The number of amides is 3. The number of urea groups is 1. The fraction of sp³-hybridized carbons (Fsp3) is 0.450. The van der Waals surface area contributed by atoms with Crippen LogP contribution >= 0.6 is 43.5 Å². The topological polar surface area (TPSA) is 65.0 Å². The molecule has 0 aromatic heterocycles. The highest BCUT2D eigenvalue weighted by Gasteiger charge is 2.76. The summed E-state index contributed by atoms with van der Waals surface area (Å²) in [6, 6.07) is 3.70. The van der Waals surface area contributed by atoms with Crippen molar-refractivity contribution in [3.05, 3.63) is 38.9 Å². The van der Waals surface area contributed by atoms with Gasteiger partial charge in [0, 0.05) is 50.4 Å². The number of aliphatic imine (C=N–C) groups is 1. The molecule has 1 N–H and O–H groups in total. The van der Waals surface area contributed by atoms with Crippen molar-refractivity contribution in [2.75, 3.05) is 4.90 Å². The first-order valence-electron chi connectivity index (χ1n) is 9.49. The molecule has 0 saturated carbocycles. The number of alkyl halides is 1. The first kappa shape index (κ1) is 18.4. The number of nitrogens with one attached hydrogen (secondary N) is 1. The molecule has 29 heavy (non-hydrogen) atoms. The van der Waals surface area contributed by atoms with E-state index in [1.165, 1.54) is 0 Å². The number of hydrogen-bond acceptors (Lipinski definition) is 3. The van der Waals surface area contributed by atoms with Gasteiger partial charge in [-0.3, -0.25) is 9.69 Å². The van der Waals surface area contributed by atoms with Gasteiger partial charge in [-0.05, 0) is 23.8 Å². The highest BCUT2D eigenvalue weighted by Crippen LogP contribution is 2.68. The van der Waals surface area contributed by atoms with Crippen molar-refractivity contribution in [1.29, 1.82) is 0 Å². The number of piperidine rings is 1. The van der Waals surface area contributed by atoms with Crippen molar-refractivity contribution in [3.63, 3.8) is 0 Å². The fourth-order valence-electron chi connectivity index (χ4n) is 6.18. The normalized spacial score (nSPS) is 37.8. The molecular weight excluding hydrogens is 524 g/mol. The summed E-state index contributed by atoms with van der Waals surface area (Å²) in [5.41, 5.74) is 0.495. The number of nitrogens with zero attached hydrogens (tertiary/aromatic N) is 3. The van der Waals surface area contributed by atoms with E-state index in [1.54, 1.807) is 6.20 Å². The van der Waals surface area contributed by atoms with Gasteiger partial charge in [-0.2, -0.15) is 4.99 Å². The highest BCUT2D eigenvalue weighted by atomic mass is 79.9. The lowest BCUT2D eigenvalue weighted by molar-refractivity contribution is -0.129. The Bertz CT molecular complexity index is 1100. The molecule has 0 aliphatic carbocycles.